The van der Waals surface area contributed by atoms with Crippen molar-refractivity contribution in [3.63, 3.8) is 0 Å². The summed E-state index contributed by atoms with van der Waals surface area (Å²) >= 11 is 1.51. The zero-order chi connectivity index (χ0) is 14.9. The number of carbonyl (C=O) groups excluding carboxylic acids is 1. The summed E-state index contributed by atoms with van der Waals surface area (Å²) in [5.41, 5.74) is 0.301. The number of hydrogen-bond acceptors (Lipinski definition) is 4. The van der Waals surface area contributed by atoms with E-state index in [1.165, 1.54) is 16.2 Å². The van der Waals surface area contributed by atoms with Crippen LogP contribution in [0, 0.1) is 5.41 Å². The molecule has 7 heteroatoms. The highest BCUT2D eigenvalue weighted by atomic mass is 32.1. The van der Waals surface area contributed by atoms with Gasteiger partial charge in [-0.15, -0.1) is 11.3 Å². The Kier molecular flexibility index (Phi) is 3.84. The average Bonchev–Trinajstić information content (AvgIpc) is 3.11. The third-order valence-electron chi connectivity index (χ3n) is 4.42. The van der Waals surface area contributed by atoms with Crippen molar-refractivity contribution in [3.8, 4) is 0 Å². The number of nitrogens with zero attached hydrogens (tertiary/aromatic N) is 1. The molecule has 0 saturated heterocycles. The third kappa shape index (κ3) is 2.88. The van der Waals surface area contributed by atoms with E-state index in [0.717, 1.165) is 37.8 Å². The first-order valence-corrected chi connectivity index (χ1v) is 8.18. The molecule has 3 rings (SSSR count). The summed E-state index contributed by atoms with van der Waals surface area (Å²) in [6.07, 6.45) is 6.25. The first-order chi connectivity index (χ1) is 10.1. The molecule has 1 aromatic heterocycles. The van der Waals surface area contributed by atoms with Crippen molar-refractivity contribution in [3.05, 3.63) is 10.6 Å². The molecule has 0 atom stereocenters. The van der Waals surface area contributed by atoms with E-state index >= 15 is 0 Å². The average molecular weight is 309 g/mol. The van der Waals surface area contributed by atoms with E-state index in [1.807, 2.05) is 0 Å². The monoisotopic (exact) mass is 309 g/mol. The van der Waals surface area contributed by atoms with Gasteiger partial charge < -0.3 is 10.4 Å². The van der Waals surface area contributed by atoms with Crippen molar-refractivity contribution in [1.29, 1.82) is 0 Å². The summed E-state index contributed by atoms with van der Waals surface area (Å²) in [5.74, 6) is -0.812. The molecule has 3 N–H and O–H groups in total. The van der Waals surface area contributed by atoms with Crippen molar-refractivity contribution in [1.82, 2.24) is 10.3 Å². The number of urea groups is 1. The Bertz CT molecular complexity index is 542. The van der Waals surface area contributed by atoms with Gasteiger partial charge in [-0.25, -0.2) is 9.78 Å². The Morgan fingerprint density at radius 3 is 2.67 bits per heavy atom. The molecule has 1 fully saturated rings. The van der Waals surface area contributed by atoms with E-state index in [1.54, 1.807) is 0 Å². The van der Waals surface area contributed by atoms with Gasteiger partial charge in [0.1, 0.15) is 0 Å². The molecule has 114 valence electrons. The number of nitrogens with one attached hydrogen (secondary N) is 2. The maximum absolute atomic E-state index is 11.9. The van der Waals surface area contributed by atoms with Crippen LogP contribution < -0.4 is 10.6 Å². The fourth-order valence-corrected chi connectivity index (χ4v) is 4.20. The van der Waals surface area contributed by atoms with Crippen molar-refractivity contribution < 1.29 is 14.7 Å². The summed E-state index contributed by atoms with van der Waals surface area (Å²) < 4.78 is 0. The smallest absolute Gasteiger partial charge is 0.321 e. The van der Waals surface area contributed by atoms with Crippen LogP contribution in [-0.4, -0.2) is 28.6 Å². The van der Waals surface area contributed by atoms with Crippen LogP contribution in [0.5, 0.6) is 0 Å². The van der Waals surface area contributed by atoms with Gasteiger partial charge in [-0.1, -0.05) is 12.8 Å². The first-order valence-electron chi connectivity index (χ1n) is 7.36. The molecule has 0 aromatic carbocycles. The number of carbonyl (C=O) groups is 2. The molecule has 21 heavy (non-hydrogen) atoms. The Labute approximate surface area is 127 Å². The van der Waals surface area contributed by atoms with Crippen LogP contribution in [0.1, 0.15) is 42.7 Å². The van der Waals surface area contributed by atoms with Crippen LogP contribution in [0.2, 0.25) is 0 Å². The van der Waals surface area contributed by atoms with Gasteiger partial charge in [0, 0.05) is 11.4 Å². The fourth-order valence-electron chi connectivity index (χ4n) is 3.15. The second-order valence-corrected chi connectivity index (χ2v) is 6.93. The number of anilines is 1. The maximum atomic E-state index is 11.9. The fraction of sp³-hybridized carbons (Fsp3) is 0.643. The number of thiazole rings is 1. The second kappa shape index (κ2) is 5.63. The van der Waals surface area contributed by atoms with Gasteiger partial charge in [0.05, 0.1) is 11.1 Å². The SMILES string of the molecule is O=C(NCC1(C(=O)O)CCCC1)Nc1nc2c(s1)CCC2. The maximum Gasteiger partial charge on any atom is 0.321 e. The van der Waals surface area contributed by atoms with Crippen molar-refractivity contribution in [2.75, 3.05) is 11.9 Å². The second-order valence-electron chi connectivity index (χ2n) is 5.84. The van der Waals surface area contributed by atoms with Crippen LogP contribution in [-0.2, 0) is 17.6 Å². The lowest BCUT2D eigenvalue weighted by molar-refractivity contribution is -0.148. The molecule has 2 amide bonds. The van der Waals surface area contributed by atoms with Crippen molar-refractivity contribution in [2.45, 2.75) is 44.9 Å². The number of carboxylic acids is 1. The molecule has 0 radical (unpaired) electrons. The lowest BCUT2D eigenvalue weighted by Gasteiger charge is -2.23. The van der Waals surface area contributed by atoms with E-state index in [0.29, 0.717) is 18.0 Å². The molecule has 1 aromatic rings. The summed E-state index contributed by atoms with van der Waals surface area (Å²) in [6.45, 7) is 0.180. The number of rotatable bonds is 4. The van der Waals surface area contributed by atoms with E-state index in [2.05, 4.69) is 15.6 Å². The van der Waals surface area contributed by atoms with E-state index in [9.17, 15) is 14.7 Å². The molecule has 2 aliphatic rings. The van der Waals surface area contributed by atoms with Gasteiger partial charge in [0.25, 0.3) is 0 Å². The highest BCUT2D eigenvalue weighted by Crippen LogP contribution is 2.37. The minimum absolute atomic E-state index is 0.180. The molecular formula is C14H19N3O3S. The van der Waals surface area contributed by atoms with Crippen LogP contribution >= 0.6 is 11.3 Å². The molecule has 0 spiro atoms. The van der Waals surface area contributed by atoms with Crippen molar-refractivity contribution >= 4 is 28.5 Å². The Morgan fingerprint density at radius 1 is 1.24 bits per heavy atom. The Morgan fingerprint density at radius 2 is 2.00 bits per heavy atom. The Balaban J connectivity index is 1.55. The number of fused-ring (bicyclic) bond motifs is 1. The molecular weight excluding hydrogens is 290 g/mol. The van der Waals surface area contributed by atoms with Gasteiger partial charge in [-0.05, 0) is 32.1 Å². The molecule has 0 bridgehead atoms. The van der Waals surface area contributed by atoms with E-state index < -0.39 is 11.4 Å². The van der Waals surface area contributed by atoms with Gasteiger partial charge in [-0.3, -0.25) is 10.1 Å². The lowest BCUT2D eigenvalue weighted by atomic mass is 9.86. The predicted molar refractivity (Wildman–Crippen MR) is 79.7 cm³/mol. The molecule has 0 unspecified atom stereocenters. The van der Waals surface area contributed by atoms with Gasteiger partial charge in [0.2, 0.25) is 0 Å². The van der Waals surface area contributed by atoms with E-state index in [4.69, 9.17) is 0 Å². The third-order valence-corrected chi connectivity index (χ3v) is 5.49. The number of hydrogen-bond donors (Lipinski definition) is 3. The lowest BCUT2D eigenvalue weighted by Crippen LogP contribution is -2.42. The molecule has 1 saturated carbocycles. The zero-order valence-electron chi connectivity index (χ0n) is 11.8. The normalized spacial score (nSPS) is 19.2. The van der Waals surface area contributed by atoms with Gasteiger partial charge in [-0.2, -0.15) is 0 Å². The van der Waals surface area contributed by atoms with Gasteiger partial charge >= 0.3 is 12.0 Å². The van der Waals surface area contributed by atoms with Crippen molar-refractivity contribution in [2.24, 2.45) is 5.41 Å². The predicted octanol–water partition coefficient (Wildman–Crippen LogP) is 2.40. The molecule has 2 aliphatic carbocycles. The minimum Gasteiger partial charge on any atom is -0.481 e. The van der Waals surface area contributed by atoms with Crippen LogP contribution in [0.15, 0.2) is 0 Å². The number of carboxylic acid groups (broad SMARTS) is 1. The summed E-state index contributed by atoms with van der Waals surface area (Å²) in [7, 11) is 0. The topological polar surface area (TPSA) is 91.3 Å². The van der Waals surface area contributed by atoms with Gasteiger partial charge in [0.15, 0.2) is 5.13 Å². The Hall–Kier alpha value is -1.63. The summed E-state index contributed by atoms with van der Waals surface area (Å²) in [6, 6.07) is -0.366. The molecule has 0 aliphatic heterocycles. The zero-order valence-corrected chi connectivity index (χ0v) is 12.6. The number of amides is 2. The largest absolute Gasteiger partial charge is 0.481 e. The summed E-state index contributed by atoms with van der Waals surface area (Å²) in [5, 5.41) is 15.4. The highest BCUT2D eigenvalue weighted by molar-refractivity contribution is 7.15. The number of aryl methyl sites for hydroxylation is 2. The summed E-state index contributed by atoms with van der Waals surface area (Å²) in [4.78, 5) is 29.0. The van der Waals surface area contributed by atoms with Crippen LogP contribution in [0.4, 0.5) is 9.93 Å². The van der Waals surface area contributed by atoms with E-state index in [-0.39, 0.29) is 12.6 Å². The minimum atomic E-state index is -0.812. The first kappa shape index (κ1) is 14.3. The van der Waals surface area contributed by atoms with Crippen LogP contribution in [0.25, 0.3) is 0 Å². The molecule has 1 heterocycles. The molecule has 6 nitrogen and oxygen atoms in total. The van der Waals surface area contributed by atoms with Crippen LogP contribution in [0.3, 0.4) is 0 Å². The quantitative estimate of drug-likeness (QED) is 0.796. The standard InChI is InChI=1S/C14H19N3O3S/c18-11(19)14(6-1-2-7-14)8-15-12(20)17-13-16-9-4-3-5-10(9)21-13/h1-8H2,(H,18,19)(H2,15,16,17,20). The number of aliphatic carboxylic acids is 1. The number of aromatic nitrogens is 1. The highest BCUT2D eigenvalue weighted by Gasteiger charge is 2.41.